The number of hydrogen-bond donors (Lipinski definition) is 1. The minimum absolute atomic E-state index is 0.376. The summed E-state index contributed by atoms with van der Waals surface area (Å²) in [6.07, 6.45) is 0. The summed E-state index contributed by atoms with van der Waals surface area (Å²) in [5, 5.41) is 9.23. The third kappa shape index (κ3) is 2.39. The van der Waals surface area contributed by atoms with Gasteiger partial charge in [-0.3, -0.25) is 0 Å². The zero-order chi connectivity index (χ0) is 10.8. The lowest BCUT2D eigenvalue weighted by Crippen LogP contribution is -2.37. The van der Waals surface area contributed by atoms with Gasteiger partial charge in [0.15, 0.2) is 5.60 Å². The highest BCUT2D eigenvalue weighted by atomic mass is 35.5. The van der Waals surface area contributed by atoms with Gasteiger partial charge in [-0.1, -0.05) is 23.7 Å². The third-order valence-electron chi connectivity index (χ3n) is 1.72. The van der Waals surface area contributed by atoms with Crippen molar-refractivity contribution < 1.29 is 14.6 Å². The Morgan fingerprint density at radius 3 is 2.50 bits per heavy atom. The van der Waals surface area contributed by atoms with Crippen LogP contribution in [-0.2, 0) is 4.79 Å². The number of carboxylic acid groups (broad SMARTS) is 1. The summed E-state index contributed by atoms with van der Waals surface area (Å²) in [5.41, 5.74) is -1.27. The van der Waals surface area contributed by atoms with Gasteiger partial charge in [0, 0.05) is 0 Å². The van der Waals surface area contributed by atoms with Crippen molar-refractivity contribution in [3.63, 3.8) is 0 Å². The largest absolute Gasteiger partial charge is 0.478 e. The van der Waals surface area contributed by atoms with Gasteiger partial charge in [-0.25, -0.2) is 4.79 Å². The van der Waals surface area contributed by atoms with Crippen LogP contribution >= 0.6 is 11.6 Å². The van der Waals surface area contributed by atoms with Gasteiger partial charge in [0.1, 0.15) is 5.75 Å². The molecule has 0 spiro atoms. The smallest absolute Gasteiger partial charge is 0.347 e. The van der Waals surface area contributed by atoms with Gasteiger partial charge in [-0.15, -0.1) is 0 Å². The molecule has 0 aliphatic rings. The normalized spacial score (nSPS) is 11.1. The molecule has 0 atom stereocenters. The second kappa shape index (κ2) is 3.88. The molecule has 1 rings (SSSR count). The van der Waals surface area contributed by atoms with E-state index in [0.717, 1.165) is 0 Å². The summed E-state index contributed by atoms with van der Waals surface area (Å²) in [4.78, 5) is 10.8. The van der Waals surface area contributed by atoms with E-state index in [2.05, 4.69) is 0 Å². The van der Waals surface area contributed by atoms with E-state index in [1.165, 1.54) is 13.8 Å². The van der Waals surface area contributed by atoms with Crippen LogP contribution in [0.3, 0.4) is 0 Å². The van der Waals surface area contributed by atoms with E-state index < -0.39 is 11.6 Å². The monoisotopic (exact) mass is 214 g/mol. The number of para-hydroxylation sites is 1. The van der Waals surface area contributed by atoms with Gasteiger partial charge in [0.2, 0.25) is 0 Å². The van der Waals surface area contributed by atoms with Gasteiger partial charge >= 0.3 is 5.97 Å². The van der Waals surface area contributed by atoms with Crippen LogP contribution in [0.2, 0.25) is 5.02 Å². The fourth-order valence-corrected chi connectivity index (χ4v) is 1.02. The number of carboxylic acids is 1. The van der Waals surface area contributed by atoms with Crippen LogP contribution in [0.1, 0.15) is 13.8 Å². The number of benzene rings is 1. The molecule has 14 heavy (non-hydrogen) atoms. The lowest BCUT2D eigenvalue weighted by Gasteiger charge is -2.21. The second-order valence-electron chi connectivity index (χ2n) is 3.35. The zero-order valence-electron chi connectivity index (χ0n) is 7.95. The number of carbonyl (C=O) groups is 1. The van der Waals surface area contributed by atoms with Gasteiger partial charge < -0.3 is 9.84 Å². The van der Waals surface area contributed by atoms with Crippen molar-refractivity contribution in [2.45, 2.75) is 19.4 Å². The molecule has 0 unspecified atom stereocenters. The molecule has 1 aromatic rings. The first-order chi connectivity index (χ1) is 6.43. The van der Waals surface area contributed by atoms with Crippen LogP contribution in [0.5, 0.6) is 5.75 Å². The highest BCUT2D eigenvalue weighted by Gasteiger charge is 2.29. The predicted molar refractivity (Wildman–Crippen MR) is 53.8 cm³/mol. The molecule has 0 saturated carbocycles. The zero-order valence-corrected chi connectivity index (χ0v) is 8.71. The molecule has 0 aromatic heterocycles. The van der Waals surface area contributed by atoms with Crippen molar-refractivity contribution in [2.24, 2.45) is 0 Å². The van der Waals surface area contributed by atoms with E-state index in [-0.39, 0.29) is 0 Å². The molecule has 0 aliphatic carbocycles. The van der Waals surface area contributed by atoms with Crippen LogP contribution in [0, 0.1) is 0 Å². The molecule has 76 valence electrons. The fraction of sp³-hybridized carbons (Fsp3) is 0.300. The van der Waals surface area contributed by atoms with Gasteiger partial charge in [0.05, 0.1) is 5.02 Å². The van der Waals surface area contributed by atoms with Crippen molar-refractivity contribution in [1.29, 1.82) is 0 Å². The summed E-state index contributed by atoms with van der Waals surface area (Å²) >= 11 is 5.82. The van der Waals surface area contributed by atoms with Crippen molar-refractivity contribution >= 4 is 17.6 Å². The van der Waals surface area contributed by atoms with E-state index in [0.29, 0.717) is 10.8 Å². The highest BCUT2D eigenvalue weighted by Crippen LogP contribution is 2.27. The van der Waals surface area contributed by atoms with Crippen molar-refractivity contribution in [3.05, 3.63) is 29.3 Å². The van der Waals surface area contributed by atoms with E-state index in [9.17, 15) is 4.79 Å². The quantitative estimate of drug-likeness (QED) is 0.841. The molecule has 0 radical (unpaired) electrons. The maximum absolute atomic E-state index is 10.8. The van der Waals surface area contributed by atoms with Gasteiger partial charge in [-0.2, -0.15) is 0 Å². The lowest BCUT2D eigenvalue weighted by molar-refractivity contribution is -0.152. The average Bonchev–Trinajstić information content (AvgIpc) is 2.08. The Balaban J connectivity index is 2.89. The highest BCUT2D eigenvalue weighted by molar-refractivity contribution is 6.32. The van der Waals surface area contributed by atoms with Crippen molar-refractivity contribution in [3.8, 4) is 5.75 Å². The average molecular weight is 215 g/mol. The Kier molecular flexibility index (Phi) is 3.01. The van der Waals surface area contributed by atoms with E-state index >= 15 is 0 Å². The predicted octanol–water partition coefficient (Wildman–Crippen LogP) is 2.58. The number of halogens is 1. The first-order valence-corrected chi connectivity index (χ1v) is 4.48. The molecule has 0 heterocycles. The van der Waals surface area contributed by atoms with Crippen LogP contribution in [0.25, 0.3) is 0 Å². The Bertz CT molecular complexity index is 347. The third-order valence-corrected chi connectivity index (χ3v) is 2.03. The molecule has 3 nitrogen and oxygen atoms in total. The second-order valence-corrected chi connectivity index (χ2v) is 3.76. The molecule has 0 bridgehead atoms. The van der Waals surface area contributed by atoms with Crippen LogP contribution in [0.4, 0.5) is 0 Å². The molecule has 1 aromatic carbocycles. The Morgan fingerprint density at radius 1 is 1.43 bits per heavy atom. The summed E-state index contributed by atoms with van der Waals surface area (Å²) in [5.74, 6) is -0.654. The van der Waals surface area contributed by atoms with Gasteiger partial charge in [-0.05, 0) is 26.0 Å². The molecule has 1 N–H and O–H groups in total. The fourth-order valence-electron chi connectivity index (χ4n) is 0.846. The topological polar surface area (TPSA) is 46.5 Å². The maximum atomic E-state index is 10.8. The Morgan fingerprint density at radius 2 is 2.00 bits per heavy atom. The molecule has 0 aliphatic heterocycles. The molecule has 4 heteroatoms. The first kappa shape index (κ1) is 10.9. The molecule has 0 saturated heterocycles. The molecular formula is C10H11ClO3. The summed E-state index contributed by atoms with van der Waals surface area (Å²) < 4.78 is 5.26. The van der Waals surface area contributed by atoms with Crippen LogP contribution in [-0.4, -0.2) is 16.7 Å². The minimum atomic E-state index is -1.27. The van der Waals surface area contributed by atoms with Crippen molar-refractivity contribution in [1.82, 2.24) is 0 Å². The number of rotatable bonds is 3. The van der Waals surface area contributed by atoms with Crippen molar-refractivity contribution in [2.75, 3.05) is 0 Å². The summed E-state index contributed by atoms with van der Waals surface area (Å²) in [6.45, 7) is 2.94. The Labute approximate surface area is 87.3 Å². The van der Waals surface area contributed by atoms with Gasteiger partial charge in [0.25, 0.3) is 0 Å². The van der Waals surface area contributed by atoms with E-state index in [1.54, 1.807) is 24.3 Å². The summed E-state index contributed by atoms with van der Waals surface area (Å²) in [6, 6.07) is 6.77. The summed E-state index contributed by atoms with van der Waals surface area (Å²) in [7, 11) is 0. The standard InChI is InChI=1S/C10H11ClO3/c1-10(2,9(12)13)14-8-6-4-3-5-7(8)11/h3-6H,1-2H3,(H,12,13). The number of hydrogen-bond acceptors (Lipinski definition) is 2. The molecule has 0 amide bonds. The molecular weight excluding hydrogens is 204 g/mol. The number of aliphatic carboxylic acids is 1. The van der Waals surface area contributed by atoms with E-state index in [1.807, 2.05) is 0 Å². The minimum Gasteiger partial charge on any atom is -0.478 e. The SMILES string of the molecule is CC(C)(Oc1ccccc1Cl)C(=O)O. The molecule has 0 fully saturated rings. The Hall–Kier alpha value is -1.22. The van der Waals surface area contributed by atoms with Crippen LogP contribution < -0.4 is 4.74 Å². The maximum Gasteiger partial charge on any atom is 0.347 e. The van der Waals surface area contributed by atoms with E-state index in [4.69, 9.17) is 21.4 Å². The first-order valence-electron chi connectivity index (χ1n) is 4.10. The lowest BCUT2D eigenvalue weighted by atomic mass is 10.1. The number of ether oxygens (including phenoxy) is 1. The van der Waals surface area contributed by atoms with Crippen LogP contribution in [0.15, 0.2) is 24.3 Å².